The summed E-state index contributed by atoms with van der Waals surface area (Å²) < 4.78 is 7.49. The quantitative estimate of drug-likeness (QED) is 0.566. The fourth-order valence-corrected chi connectivity index (χ4v) is 5.14. The van der Waals surface area contributed by atoms with E-state index in [1.54, 1.807) is 12.4 Å². The Kier molecular flexibility index (Phi) is 3.98. The minimum Gasteiger partial charge on any atom is -0.276 e. The van der Waals surface area contributed by atoms with Crippen LogP contribution >= 0.6 is 11.5 Å². The third kappa shape index (κ3) is 2.54. The Bertz CT molecular complexity index is 1170. The lowest BCUT2D eigenvalue weighted by atomic mass is 9.70. The molecule has 4 aromatic rings. The molecule has 0 aliphatic heterocycles. The topological polar surface area (TPSA) is 96.1 Å². The van der Waals surface area contributed by atoms with E-state index in [1.165, 1.54) is 18.0 Å². The zero-order valence-electron chi connectivity index (χ0n) is 15.5. The van der Waals surface area contributed by atoms with Gasteiger partial charge in [0.1, 0.15) is 11.2 Å². The third-order valence-corrected chi connectivity index (χ3v) is 6.57. The first-order chi connectivity index (χ1) is 13.7. The van der Waals surface area contributed by atoms with E-state index < -0.39 is 5.41 Å². The lowest BCUT2D eigenvalue weighted by molar-refractivity contribution is 0.368. The van der Waals surface area contributed by atoms with Crippen LogP contribution in [0, 0.1) is 11.3 Å². The maximum atomic E-state index is 10.2. The van der Waals surface area contributed by atoms with Crippen molar-refractivity contribution in [2.45, 2.75) is 37.5 Å². The summed E-state index contributed by atoms with van der Waals surface area (Å²) in [5, 5.41) is 21.5. The summed E-state index contributed by atoms with van der Waals surface area (Å²) in [5.41, 5.74) is 4.76. The maximum Gasteiger partial charge on any atom is 0.128 e. The largest absolute Gasteiger partial charge is 0.276 e. The molecule has 1 saturated carbocycles. The molecule has 7 nitrogen and oxygen atoms in total. The number of hydrogen-bond donors (Lipinski definition) is 1. The number of aryl methyl sites for hydroxylation is 1. The summed E-state index contributed by atoms with van der Waals surface area (Å²) in [4.78, 5) is 4.95. The zero-order valence-corrected chi connectivity index (χ0v) is 16.3. The molecule has 4 aromatic heterocycles. The molecule has 140 valence electrons. The van der Waals surface area contributed by atoms with Crippen molar-refractivity contribution < 1.29 is 0 Å². The van der Waals surface area contributed by atoms with Gasteiger partial charge >= 0.3 is 0 Å². The van der Waals surface area contributed by atoms with Crippen LogP contribution in [-0.2, 0) is 12.5 Å². The molecule has 0 atom stereocenters. The molecule has 0 radical (unpaired) electrons. The van der Waals surface area contributed by atoms with E-state index in [0.717, 1.165) is 64.2 Å². The molecular formula is C20H19N7S. The molecule has 0 spiro atoms. The number of nitriles is 1. The van der Waals surface area contributed by atoms with Gasteiger partial charge in [-0.1, -0.05) is 19.3 Å². The van der Waals surface area contributed by atoms with Crippen molar-refractivity contribution in [2.24, 2.45) is 7.05 Å². The SMILES string of the molecule is Cn1nccc1-c1cc(C2(C#N)CCCCC2)c2snc(-c3ccn[nH]3)c2n1. The van der Waals surface area contributed by atoms with Gasteiger partial charge in [-0.25, -0.2) is 4.98 Å². The first-order valence-electron chi connectivity index (χ1n) is 9.42. The van der Waals surface area contributed by atoms with Gasteiger partial charge < -0.3 is 0 Å². The minimum absolute atomic E-state index is 0.482. The molecule has 0 amide bonds. The third-order valence-electron chi connectivity index (χ3n) is 5.70. The molecule has 0 aromatic carbocycles. The van der Waals surface area contributed by atoms with Crippen molar-refractivity contribution in [1.29, 1.82) is 5.26 Å². The summed E-state index contributed by atoms with van der Waals surface area (Å²) in [7, 11) is 1.91. The van der Waals surface area contributed by atoms with Gasteiger partial charge in [-0.15, -0.1) is 0 Å². The van der Waals surface area contributed by atoms with Gasteiger partial charge in [0.25, 0.3) is 0 Å². The molecule has 28 heavy (non-hydrogen) atoms. The second-order valence-electron chi connectivity index (χ2n) is 7.33. The summed E-state index contributed by atoms with van der Waals surface area (Å²) in [6.07, 6.45) is 8.58. The van der Waals surface area contributed by atoms with Crippen LogP contribution in [0.15, 0.2) is 30.6 Å². The van der Waals surface area contributed by atoms with Crippen LogP contribution in [0.2, 0.25) is 0 Å². The molecule has 8 heteroatoms. The number of rotatable bonds is 3. The van der Waals surface area contributed by atoms with Gasteiger partial charge in [0.15, 0.2) is 0 Å². The molecule has 1 fully saturated rings. The van der Waals surface area contributed by atoms with Crippen LogP contribution in [0.3, 0.4) is 0 Å². The van der Waals surface area contributed by atoms with Gasteiger partial charge in [0.05, 0.1) is 33.3 Å². The van der Waals surface area contributed by atoms with Crippen LogP contribution in [0.1, 0.15) is 37.7 Å². The van der Waals surface area contributed by atoms with Crippen molar-refractivity contribution in [2.75, 3.05) is 0 Å². The number of aromatic amines is 1. The van der Waals surface area contributed by atoms with Crippen molar-refractivity contribution >= 4 is 21.7 Å². The predicted molar refractivity (Wildman–Crippen MR) is 108 cm³/mol. The first-order valence-corrected chi connectivity index (χ1v) is 10.2. The van der Waals surface area contributed by atoms with E-state index in [0.29, 0.717) is 0 Å². The number of fused-ring (bicyclic) bond motifs is 1. The monoisotopic (exact) mass is 389 g/mol. The molecule has 4 heterocycles. The Labute approximate surface area is 166 Å². The van der Waals surface area contributed by atoms with Gasteiger partial charge in [0, 0.05) is 19.4 Å². The number of hydrogen-bond acceptors (Lipinski definition) is 6. The highest BCUT2D eigenvalue weighted by Gasteiger charge is 2.37. The number of nitrogens with zero attached hydrogens (tertiary/aromatic N) is 6. The summed E-state index contributed by atoms with van der Waals surface area (Å²) >= 11 is 1.42. The van der Waals surface area contributed by atoms with Gasteiger partial charge in [-0.3, -0.25) is 9.78 Å². The molecule has 1 N–H and O–H groups in total. The molecular weight excluding hydrogens is 370 g/mol. The van der Waals surface area contributed by atoms with E-state index in [4.69, 9.17) is 4.98 Å². The Hall–Kier alpha value is -3.05. The number of pyridine rings is 1. The average molecular weight is 389 g/mol. The lowest BCUT2D eigenvalue weighted by Crippen LogP contribution is -2.27. The van der Waals surface area contributed by atoms with Crippen molar-refractivity contribution in [1.82, 2.24) is 29.3 Å². The minimum atomic E-state index is -0.482. The summed E-state index contributed by atoms with van der Waals surface area (Å²) in [5.74, 6) is 0. The molecule has 0 unspecified atom stereocenters. The average Bonchev–Trinajstić information content (AvgIpc) is 3.48. The lowest BCUT2D eigenvalue weighted by Gasteiger charge is -2.31. The Morgan fingerprint density at radius 2 is 2.07 bits per heavy atom. The summed E-state index contributed by atoms with van der Waals surface area (Å²) in [6, 6.07) is 8.60. The second kappa shape index (κ2) is 6.53. The first kappa shape index (κ1) is 17.1. The van der Waals surface area contributed by atoms with Gasteiger partial charge in [-0.2, -0.15) is 19.8 Å². The van der Waals surface area contributed by atoms with Crippen LogP contribution in [0.4, 0.5) is 0 Å². The van der Waals surface area contributed by atoms with E-state index >= 15 is 0 Å². The number of nitrogens with one attached hydrogen (secondary N) is 1. The fraction of sp³-hybridized carbons (Fsp3) is 0.350. The van der Waals surface area contributed by atoms with Gasteiger partial charge in [0.2, 0.25) is 0 Å². The number of aromatic nitrogens is 6. The van der Waals surface area contributed by atoms with E-state index in [2.05, 4.69) is 31.8 Å². The van der Waals surface area contributed by atoms with E-state index in [-0.39, 0.29) is 0 Å². The molecule has 0 saturated heterocycles. The summed E-state index contributed by atoms with van der Waals surface area (Å²) in [6.45, 7) is 0. The highest BCUT2D eigenvalue weighted by Crippen LogP contribution is 2.45. The highest BCUT2D eigenvalue weighted by molar-refractivity contribution is 7.13. The Morgan fingerprint density at radius 3 is 2.75 bits per heavy atom. The molecule has 0 bridgehead atoms. The van der Waals surface area contributed by atoms with E-state index in [9.17, 15) is 5.26 Å². The van der Waals surface area contributed by atoms with E-state index in [1.807, 2.05) is 23.9 Å². The molecule has 5 rings (SSSR count). The van der Waals surface area contributed by atoms with Gasteiger partial charge in [-0.05, 0) is 48.1 Å². The smallest absolute Gasteiger partial charge is 0.128 e. The number of H-pyrrole nitrogens is 1. The highest BCUT2D eigenvalue weighted by atomic mass is 32.1. The Morgan fingerprint density at radius 1 is 1.21 bits per heavy atom. The fourth-order valence-electron chi connectivity index (χ4n) is 4.19. The Balaban J connectivity index is 1.82. The van der Waals surface area contributed by atoms with Crippen LogP contribution < -0.4 is 0 Å². The predicted octanol–water partition coefficient (Wildman–Crippen LogP) is 4.21. The standard InChI is InChI=1S/C20H19N7S/c1-27-16(6-10-23-27)15-11-13(20(12-21)7-3-2-4-8-20)19-18(24-15)17(26-28-19)14-5-9-22-25-14/h5-6,9-11H,2-4,7-8H2,1H3,(H,22,25). The van der Waals surface area contributed by atoms with Crippen LogP contribution in [-0.4, -0.2) is 29.3 Å². The van der Waals surface area contributed by atoms with Crippen molar-refractivity contribution in [3.63, 3.8) is 0 Å². The molecule has 1 aliphatic rings. The van der Waals surface area contributed by atoms with Crippen LogP contribution in [0.25, 0.3) is 33.0 Å². The molecule has 1 aliphatic carbocycles. The zero-order chi connectivity index (χ0) is 19.1. The van der Waals surface area contributed by atoms with Crippen LogP contribution in [0.5, 0.6) is 0 Å². The normalized spacial score (nSPS) is 16.3. The van der Waals surface area contributed by atoms with Crippen molar-refractivity contribution in [3.8, 4) is 28.8 Å². The van der Waals surface area contributed by atoms with Crippen molar-refractivity contribution in [3.05, 3.63) is 36.2 Å². The second-order valence-corrected chi connectivity index (χ2v) is 8.10. The maximum absolute atomic E-state index is 10.2.